The monoisotopic (exact) mass is 420 g/mol. The van der Waals surface area contributed by atoms with Gasteiger partial charge in [-0.1, -0.05) is 30.7 Å². The van der Waals surface area contributed by atoms with Gasteiger partial charge in [0.2, 0.25) is 0 Å². The predicted octanol–water partition coefficient (Wildman–Crippen LogP) is 5.23. The number of hydrogen-bond donors (Lipinski definition) is 0. The van der Waals surface area contributed by atoms with Crippen molar-refractivity contribution in [3.63, 3.8) is 0 Å². The number of nitrogens with zero attached hydrogens (tertiary/aromatic N) is 2. The fourth-order valence-electron chi connectivity index (χ4n) is 5.83. The zero-order valence-electron chi connectivity index (χ0n) is 18.9. The van der Waals surface area contributed by atoms with Crippen LogP contribution in [0.2, 0.25) is 0 Å². The van der Waals surface area contributed by atoms with Crippen LogP contribution in [0.5, 0.6) is 11.5 Å². The van der Waals surface area contributed by atoms with E-state index in [9.17, 15) is 0 Å². The van der Waals surface area contributed by atoms with E-state index in [1.165, 1.54) is 68.4 Å². The van der Waals surface area contributed by atoms with Crippen LogP contribution in [0.15, 0.2) is 42.5 Å². The molecule has 4 heteroatoms. The fourth-order valence-corrected chi connectivity index (χ4v) is 5.83. The van der Waals surface area contributed by atoms with E-state index in [-0.39, 0.29) is 0 Å². The molecule has 0 spiro atoms. The fraction of sp³-hybridized carbons (Fsp3) is 0.556. The number of fused-ring (bicyclic) bond motifs is 3. The molecular weight excluding hydrogens is 384 g/mol. The topological polar surface area (TPSA) is 24.9 Å². The third-order valence-electron chi connectivity index (χ3n) is 7.43. The van der Waals surface area contributed by atoms with Gasteiger partial charge in [0, 0.05) is 30.6 Å². The first-order valence-corrected chi connectivity index (χ1v) is 12.2. The molecule has 4 nitrogen and oxygen atoms in total. The highest BCUT2D eigenvalue weighted by Crippen LogP contribution is 2.47. The third-order valence-corrected chi connectivity index (χ3v) is 7.43. The van der Waals surface area contributed by atoms with Gasteiger partial charge in [-0.2, -0.15) is 0 Å². The summed E-state index contributed by atoms with van der Waals surface area (Å²) in [5, 5.41) is 0. The molecule has 3 heterocycles. The van der Waals surface area contributed by atoms with Crippen LogP contribution < -0.4 is 9.47 Å². The van der Waals surface area contributed by atoms with E-state index in [1.54, 1.807) is 7.11 Å². The molecule has 0 aromatic heterocycles. The first-order chi connectivity index (χ1) is 15.3. The number of methoxy groups -OCH3 is 1. The van der Waals surface area contributed by atoms with E-state index < -0.39 is 0 Å². The Kier molecular flexibility index (Phi) is 6.47. The summed E-state index contributed by atoms with van der Waals surface area (Å²) in [6.07, 6.45) is 7.77. The molecule has 5 rings (SSSR count). The van der Waals surface area contributed by atoms with E-state index in [0.717, 1.165) is 37.6 Å². The molecule has 2 saturated heterocycles. The summed E-state index contributed by atoms with van der Waals surface area (Å²) in [5.74, 6) is 2.37. The Hall–Kier alpha value is -2.04. The summed E-state index contributed by atoms with van der Waals surface area (Å²) in [6.45, 7) is 6.77. The van der Waals surface area contributed by atoms with Gasteiger partial charge < -0.3 is 14.4 Å². The molecule has 0 amide bonds. The van der Waals surface area contributed by atoms with Gasteiger partial charge in [-0.15, -0.1) is 0 Å². The maximum absolute atomic E-state index is 6.47. The van der Waals surface area contributed by atoms with Crippen molar-refractivity contribution in [3.05, 3.63) is 59.2 Å². The Morgan fingerprint density at radius 3 is 2.58 bits per heavy atom. The molecule has 0 radical (unpaired) electrons. The number of ether oxygens (including phenoxy) is 2. The average Bonchev–Trinajstić information content (AvgIpc) is 3.31. The smallest absolute Gasteiger partial charge is 0.123 e. The van der Waals surface area contributed by atoms with Crippen molar-refractivity contribution in [2.45, 2.75) is 50.5 Å². The van der Waals surface area contributed by atoms with Crippen LogP contribution in [-0.4, -0.2) is 56.2 Å². The third kappa shape index (κ3) is 4.47. The zero-order chi connectivity index (χ0) is 21.0. The van der Waals surface area contributed by atoms with Gasteiger partial charge in [0.15, 0.2) is 0 Å². The predicted molar refractivity (Wildman–Crippen MR) is 125 cm³/mol. The average molecular weight is 421 g/mol. The van der Waals surface area contributed by atoms with Gasteiger partial charge in [0.05, 0.1) is 13.7 Å². The minimum Gasteiger partial charge on any atom is -0.497 e. The highest BCUT2D eigenvalue weighted by atomic mass is 16.5. The van der Waals surface area contributed by atoms with E-state index in [0.29, 0.717) is 12.0 Å². The van der Waals surface area contributed by atoms with Gasteiger partial charge in [0.1, 0.15) is 11.5 Å². The Balaban J connectivity index is 1.36. The minimum absolute atomic E-state index is 0.355. The Bertz CT molecular complexity index is 860. The van der Waals surface area contributed by atoms with Gasteiger partial charge in [-0.25, -0.2) is 0 Å². The molecule has 166 valence electrons. The lowest BCUT2D eigenvalue weighted by Gasteiger charge is -2.38. The van der Waals surface area contributed by atoms with Gasteiger partial charge in [-0.05, 0) is 81.1 Å². The molecule has 31 heavy (non-hydrogen) atoms. The number of rotatable bonds is 7. The van der Waals surface area contributed by atoms with E-state index >= 15 is 0 Å². The molecule has 2 atom stereocenters. The second-order valence-electron chi connectivity index (χ2n) is 9.34. The van der Waals surface area contributed by atoms with Crippen molar-refractivity contribution >= 4 is 0 Å². The van der Waals surface area contributed by atoms with Gasteiger partial charge in [-0.3, -0.25) is 4.90 Å². The van der Waals surface area contributed by atoms with Crippen LogP contribution in [0, 0.1) is 0 Å². The standard InChI is InChI=1S/C27H36N2O2/c1-30-22-13-11-21(12-14-22)24-20-29-18-6-9-25(29)23-8-5-10-26(27(23)24)31-19-7-17-28-15-3-2-4-16-28/h5,8,10-14,24-25H,2-4,6-7,9,15-20H2,1H3/t24-,25+/m1/s1. The molecule has 2 aromatic rings. The quantitative estimate of drug-likeness (QED) is 0.573. The maximum Gasteiger partial charge on any atom is 0.123 e. The Morgan fingerprint density at radius 2 is 1.77 bits per heavy atom. The Morgan fingerprint density at radius 1 is 0.935 bits per heavy atom. The van der Waals surface area contributed by atoms with Crippen molar-refractivity contribution < 1.29 is 9.47 Å². The number of benzene rings is 2. The normalized spacial score (nSPS) is 23.9. The van der Waals surface area contributed by atoms with E-state index in [1.807, 2.05) is 0 Å². The van der Waals surface area contributed by atoms with Crippen molar-refractivity contribution in [2.75, 3.05) is 46.4 Å². The van der Waals surface area contributed by atoms with Crippen LogP contribution in [0.25, 0.3) is 0 Å². The summed E-state index contributed by atoms with van der Waals surface area (Å²) in [6, 6.07) is 15.9. The molecule has 3 aliphatic heterocycles. The second kappa shape index (κ2) is 9.62. The SMILES string of the molecule is COc1ccc([C@H]2CN3CCC[C@H]3c3cccc(OCCCN4CCCCC4)c32)cc1. The van der Waals surface area contributed by atoms with Crippen LogP contribution >= 0.6 is 0 Å². The number of piperidine rings is 1. The first kappa shape index (κ1) is 20.8. The first-order valence-electron chi connectivity index (χ1n) is 12.2. The summed E-state index contributed by atoms with van der Waals surface area (Å²) in [5.41, 5.74) is 4.27. The number of likely N-dealkylation sites (tertiary alicyclic amines) is 1. The molecule has 2 aromatic carbocycles. The second-order valence-corrected chi connectivity index (χ2v) is 9.34. The largest absolute Gasteiger partial charge is 0.497 e. The molecule has 0 aliphatic carbocycles. The van der Waals surface area contributed by atoms with Crippen LogP contribution in [0.1, 0.15) is 67.2 Å². The van der Waals surface area contributed by atoms with Crippen LogP contribution in [0.4, 0.5) is 0 Å². The lowest BCUT2D eigenvalue weighted by Crippen LogP contribution is -2.35. The van der Waals surface area contributed by atoms with Gasteiger partial charge >= 0.3 is 0 Å². The van der Waals surface area contributed by atoms with Crippen LogP contribution in [-0.2, 0) is 0 Å². The zero-order valence-corrected chi connectivity index (χ0v) is 18.9. The molecule has 2 fully saturated rings. The lowest BCUT2D eigenvalue weighted by molar-refractivity contribution is 0.200. The molecule has 0 N–H and O–H groups in total. The highest BCUT2D eigenvalue weighted by molar-refractivity contribution is 5.51. The van der Waals surface area contributed by atoms with E-state index in [2.05, 4.69) is 52.3 Å². The van der Waals surface area contributed by atoms with Crippen LogP contribution in [0.3, 0.4) is 0 Å². The highest BCUT2D eigenvalue weighted by Gasteiger charge is 2.38. The molecular formula is C27H36N2O2. The summed E-state index contributed by atoms with van der Waals surface area (Å²) >= 11 is 0. The number of hydrogen-bond acceptors (Lipinski definition) is 4. The van der Waals surface area contributed by atoms with Crippen molar-refractivity contribution in [3.8, 4) is 11.5 Å². The maximum atomic E-state index is 6.47. The van der Waals surface area contributed by atoms with E-state index in [4.69, 9.17) is 9.47 Å². The molecule has 0 bridgehead atoms. The Labute approximate surface area is 187 Å². The van der Waals surface area contributed by atoms with Gasteiger partial charge in [0.25, 0.3) is 0 Å². The minimum atomic E-state index is 0.355. The molecule has 3 aliphatic rings. The summed E-state index contributed by atoms with van der Waals surface area (Å²) in [7, 11) is 1.73. The lowest BCUT2D eigenvalue weighted by atomic mass is 9.81. The molecule has 0 unspecified atom stereocenters. The van der Waals surface area contributed by atoms with Crippen molar-refractivity contribution in [1.29, 1.82) is 0 Å². The summed E-state index contributed by atoms with van der Waals surface area (Å²) < 4.78 is 11.9. The van der Waals surface area contributed by atoms with Crippen molar-refractivity contribution in [2.24, 2.45) is 0 Å². The molecule has 0 saturated carbocycles. The summed E-state index contributed by atoms with van der Waals surface area (Å²) in [4.78, 5) is 5.28. The van der Waals surface area contributed by atoms with Crippen molar-refractivity contribution in [1.82, 2.24) is 9.80 Å².